The molecular weight excluding hydrogens is 230 g/mol. The number of hydrogen-bond donors (Lipinski definition) is 1. The van der Waals surface area contributed by atoms with E-state index < -0.39 is 0 Å². The molecule has 5 heteroatoms. The Bertz CT molecular complexity index is 534. The normalized spacial score (nSPS) is 10.3. The number of carbonyl (C=O) groups is 1. The second kappa shape index (κ2) is 5.35. The Labute approximate surface area is 105 Å². The van der Waals surface area contributed by atoms with Gasteiger partial charge in [0.15, 0.2) is 0 Å². The van der Waals surface area contributed by atoms with E-state index in [0.29, 0.717) is 17.9 Å². The fourth-order valence-electron chi connectivity index (χ4n) is 1.67. The van der Waals surface area contributed by atoms with Crippen LogP contribution in [0.5, 0.6) is 0 Å². The highest BCUT2D eigenvalue weighted by Crippen LogP contribution is 2.12. The van der Waals surface area contributed by atoms with E-state index in [2.05, 4.69) is 4.98 Å². The summed E-state index contributed by atoms with van der Waals surface area (Å²) in [5.41, 5.74) is 7.61. The number of hydrogen-bond acceptors (Lipinski definition) is 4. The second-order valence-corrected chi connectivity index (χ2v) is 3.88. The van der Waals surface area contributed by atoms with Crippen molar-refractivity contribution in [2.24, 2.45) is 0 Å². The molecule has 2 rings (SSSR count). The highest BCUT2D eigenvalue weighted by Gasteiger charge is 2.13. The minimum absolute atomic E-state index is 0.232. The van der Waals surface area contributed by atoms with Crippen LogP contribution in [0.15, 0.2) is 36.8 Å². The number of anilines is 1. The zero-order valence-corrected chi connectivity index (χ0v) is 10.2. The van der Waals surface area contributed by atoms with E-state index >= 15 is 0 Å². The third-order valence-electron chi connectivity index (χ3n) is 2.59. The molecule has 5 nitrogen and oxygen atoms in total. The maximum atomic E-state index is 11.9. The zero-order chi connectivity index (χ0) is 13.0. The molecule has 2 N–H and O–H groups in total. The molecule has 0 unspecified atom stereocenters. The van der Waals surface area contributed by atoms with Gasteiger partial charge in [-0.3, -0.25) is 4.98 Å². The lowest BCUT2D eigenvalue weighted by atomic mass is 10.3. The van der Waals surface area contributed by atoms with Crippen LogP contribution >= 0.6 is 0 Å². The molecule has 2 aromatic rings. The molecule has 0 aliphatic carbocycles. The van der Waals surface area contributed by atoms with Crippen molar-refractivity contribution in [1.29, 1.82) is 0 Å². The van der Waals surface area contributed by atoms with Gasteiger partial charge in [0, 0.05) is 25.1 Å². The fourth-order valence-corrected chi connectivity index (χ4v) is 1.67. The molecule has 0 fully saturated rings. The van der Waals surface area contributed by atoms with Crippen LogP contribution in [-0.4, -0.2) is 15.5 Å². The maximum Gasteiger partial charge on any atom is 0.355 e. The molecule has 0 radical (unpaired) electrons. The first-order valence-electron chi connectivity index (χ1n) is 5.72. The number of esters is 1. The van der Waals surface area contributed by atoms with Crippen LogP contribution in [0.1, 0.15) is 23.0 Å². The highest BCUT2D eigenvalue weighted by atomic mass is 16.5. The lowest BCUT2D eigenvalue weighted by Crippen LogP contribution is -2.11. The largest absolute Gasteiger partial charge is 0.456 e. The van der Waals surface area contributed by atoms with Gasteiger partial charge < -0.3 is 15.0 Å². The van der Waals surface area contributed by atoms with Gasteiger partial charge in [0.1, 0.15) is 12.3 Å². The van der Waals surface area contributed by atoms with E-state index in [0.717, 1.165) is 5.56 Å². The molecule has 2 heterocycles. The van der Waals surface area contributed by atoms with Crippen molar-refractivity contribution in [3.8, 4) is 0 Å². The minimum atomic E-state index is -0.370. The molecule has 94 valence electrons. The Morgan fingerprint density at radius 2 is 2.17 bits per heavy atom. The van der Waals surface area contributed by atoms with E-state index in [1.165, 1.54) is 0 Å². The number of ether oxygens (including phenoxy) is 1. The highest BCUT2D eigenvalue weighted by molar-refractivity contribution is 5.89. The first-order chi connectivity index (χ1) is 8.70. The van der Waals surface area contributed by atoms with Gasteiger partial charge in [-0.25, -0.2) is 4.79 Å². The molecule has 0 aliphatic rings. The molecular formula is C13H15N3O2. The molecule has 0 spiro atoms. The molecule has 0 amide bonds. The summed E-state index contributed by atoms with van der Waals surface area (Å²) < 4.78 is 6.99. The Morgan fingerprint density at radius 1 is 1.44 bits per heavy atom. The molecule has 0 bridgehead atoms. The van der Waals surface area contributed by atoms with Crippen LogP contribution in [0.2, 0.25) is 0 Å². The van der Waals surface area contributed by atoms with Crippen molar-refractivity contribution >= 4 is 11.7 Å². The summed E-state index contributed by atoms with van der Waals surface area (Å²) in [6.45, 7) is 2.85. The number of nitrogens with two attached hydrogens (primary N) is 1. The molecule has 2 aromatic heterocycles. The fraction of sp³-hybridized carbons (Fsp3) is 0.231. The van der Waals surface area contributed by atoms with E-state index in [-0.39, 0.29) is 12.6 Å². The molecule has 0 saturated heterocycles. The van der Waals surface area contributed by atoms with Crippen LogP contribution in [0.25, 0.3) is 0 Å². The number of rotatable bonds is 4. The SMILES string of the molecule is CCn1cc(N)cc1C(=O)OCc1ccncc1. The average Bonchev–Trinajstić information content (AvgIpc) is 2.78. The van der Waals surface area contributed by atoms with E-state index in [4.69, 9.17) is 10.5 Å². The molecule has 0 aliphatic heterocycles. The van der Waals surface area contributed by atoms with Gasteiger partial charge >= 0.3 is 5.97 Å². The van der Waals surface area contributed by atoms with Crippen molar-refractivity contribution in [3.05, 3.63) is 48.0 Å². The Balaban J connectivity index is 2.04. The lowest BCUT2D eigenvalue weighted by Gasteiger charge is -2.06. The number of aromatic nitrogens is 2. The molecule has 0 saturated carbocycles. The Morgan fingerprint density at radius 3 is 2.83 bits per heavy atom. The van der Waals surface area contributed by atoms with Gasteiger partial charge in [-0.1, -0.05) is 0 Å². The first kappa shape index (κ1) is 12.2. The van der Waals surface area contributed by atoms with Crippen LogP contribution in [0, 0.1) is 0 Å². The topological polar surface area (TPSA) is 70.1 Å². The molecule has 0 atom stereocenters. The quantitative estimate of drug-likeness (QED) is 0.834. The van der Waals surface area contributed by atoms with E-state index in [9.17, 15) is 4.79 Å². The first-order valence-corrected chi connectivity index (χ1v) is 5.72. The number of carbonyl (C=O) groups excluding carboxylic acids is 1. The number of aryl methyl sites for hydroxylation is 1. The summed E-state index contributed by atoms with van der Waals surface area (Å²) in [7, 11) is 0. The summed E-state index contributed by atoms with van der Waals surface area (Å²) in [6.07, 6.45) is 5.05. The number of nitrogen functional groups attached to an aromatic ring is 1. The zero-order valence-electron chi connectivity index (χ0n) is 10.2. The van der Waals surface area contributed by atoms with Gasteiger partial charge in [-0.15, -0.1) is 0 Å². The van der Waals surface area contributed by atoms with Crippen molar-refractivity contribution < 1.29 is 9.53 Å². The van der Waals surface area contributed by atoms with Crippen molar-refractivity contribution in [3.63, 3.8) is 0 Å². The van der Waals surface area contributed by atoms with Crippen LogP contribution in [0.3, 0.4) is 0 Å². The minimum Gasteiger partial charge on any atom is -0.456 e. The van der Waals surface area contributed by atoms with E-state index in [1.54, 1.807) is 41.4 Å². The third kappa shape index (κ3) is 2.68. The summed E-state index contributed by atoms with van der Waals surface area (Å²) in [5, 5.41) is 0. The van der Waals surface area contributed by atoms with E-state index in [1.807, 2.05) is 6.92 Å². The van der Waals surface area contributed by atoms with Gasteiger partial charge in [-0.2, -0.15) is 0 Å². The van der Waals surface area contributed by atoms with Crippen LogP contribution in [-0.2, 0) is 17.9 Å². The van der Waals surface area contributed by atoms with Gasteiger partial charge in [-0.05, 0) is 30.7 Å². The predicted molar refractivity (Wildman–Crippen MR) is 67.9 cm³/mol. The Hall–Kier alpha value is -2.30. The predicted octanol–water partition coefficient (Wildman–Crippen LogP) is 1.84. The standard InChI is InChI=1S/C13H15N3O2/c1-2-16-8-11(14)7-12(16)13(17)18-9-10-3-5-15-6-4-10/h3-8H,2,9,14H2,1H3. The summed E-state index contributed by atoms with van der Waals surface area (Å²) in [6, 6.07) is 5.24. The average molecular weight is 245 g/mol. The van der Waals surface area contributed by atoms with Crippen molar-refractivity contribution in [2.75, 3.05) is 5.73 Å². The molecule has 18 heavy (non-hydrogen) atoms. The number of nitrogens with zero attached hydrogens (tertiary/aromatic N) is 2. The summed E-state index contributed by atoms with van der Waals surface area (Å²) in [4.78, 5) is 15.8. The van der Waals surface area contributed by atoms with Crippen molar-refractivity contribution in [2.45, 2.75) is 20.1 Å². The maximum absolute atomic E-state index is 11.9. The van der Waals surface area contributed by atoms with Gasteiger partial charge in [0.05, 0.1) is 5.69 Å². The van der Waals surface area contributed by atoms with Crippen molar-refractivity contribution in [1.82, 2.24) is 9.55 Å². The monoisotopic (exact) mass is 245 g/mol. The smallest absolute Gasteiger partial charge is 0.355 e. The van der Waals surface area contributed by atoms with Crippen LogP contribution < -0.4 is 5.73 Å². The lowest BCUT2D eigenvalue weighted by molar-refractivity contribution is 0.0460. The summed E-state index contributed by atoms with van der Waals surface area (Å²) >= 11 is 0. The third-order valence-corrected chi connectivity index (χ3v) is 2.59. The van der Waals surface area contributed by atoms with Gasteiger partial charge in [0.2, 0.25) is 0 Å². The van der Waals surface area contributed by atoms with Gasteiger partial charge in [0.25, 0.3) is 0 Å². The second-order valence-electron chi connectivity index (χ2n) is 3.88. The summed E-state index contributed by atoms with van der Waals surface area (Å²) in [5.74, 6) is -0.370. The Kier molecular flexibility index (Phi) is 3.62. The molecule has 0 aromatic carbocycles. The number of pyridine rings is 1. The van der Waals surface area contributed by atoms with Crippen LogP contribution in [0.4, 0.5) is 5.69 Å².